The Morgan fingerprint density at radius 1 is 1.07 bits per heavy atom. The molecule has 0 radical (unpaired) electrons. The van der Waals surface area contributed by atoms with E-state index in [4.69, 9.17) is 0 Å². The van der Waals surface area contributed by atoms with E-state index in [1.54, 1.807) is 18.3 Å². The highest BCUT2D eigenvalue weighted by molar-refractivity contribution is 5.91. The minimum absolute atomic E-state index is 0.255. The molecule has 3 aromatic heterocycles. The first-order valence-electron chi connectivity index (χ1n) is 8.34. The van der Waals surface area contributed by atoms with Crippen molar-refractivity contribution in [2.24, 2.45) is 0 Å². The van der Waals surface area contributed by atoms with Crippen LogP contribution in [0, 0.1) is 5.82 Å². The van der Waals surface area contributed by atoms with Crippen molar-refractivity contribution in [2.75, 3.05) is 6.54 Å². The zero-order valence-electron chi connectivity index (χ0n) is 14.2. The molecule has 0 atom stereocenters. The lowest BCUT2D eigenvalue weighted by Gasteiger charge is -2.10. The van der Waals surface area contributed by atoms with Gasteiger partial charge in [-0.05, 0) is 36.4 Å². The summed E-state index contributed by atoms with van der Waals surface area (Å²) < 4.78 is 15.2. The molecule has 0 saturated carbocycles. The van der Waals surface area contributed by atoms with Crippen molar-refractivity contribution in [3.05, 3.63) is 72.7 Å². The molecule has 3 heterocycles. The van der Waals surface area contributed by atoms with E-state index in [1.807, 2.05) is 16.7 Å². The molecular formula is C19H15FN6O. The summed E-state index contributed by atoms with van der Waals surface area (Å²) in [7, 11) is 0. The molecule has 0 aliphatic heterocycles. The van der Waals surface area contributed by atoms with Crippen LogP contribution >= 0.6 is 0 Å². The SMILES string of the molecule is O=C(NCCn1c(-c2ccc(F)cc2)nc2cccnc21)c1cnccn1. The largest absolute Gasteiger partial charge is 0.349 e. The molecular weight excluding hydrogens is 347 g/mol. The summed E-state index contributed by atoms with van der Waals surface area (Å²) in [5.74, 6) is 0.0528. The van der Waals surface area contributed by atoms with Crippen molar-refractivity contribution in [3.63, 3.8) is 0 Å². The molecule has 0 aliphatic rings. The van der Waals surface area contributed by atoms with Gasteiger partial charge < -0.3 is 9.88 Å². The van der Waals surface area contributed by atoms with Gasteiger partial charge in [-0.1, -0.05) is 0 Å². The van der Waals surface area contributed by atoms with Crippen LogP contribution in [0.2, 0.25) is 0 Å². The fourth-order valence-corrected chi connectivity index (χ4v) is 2.78. The molecule has 0 spiro atoms. The van der Waals surface area contributed by atoms with E-state index in [0.717, 1.165) is 11.1 Å². The molecule has 0 unspecified atom stereocenters. The average molecular weight is 362 g/mol. The highest BCUT2D eigenvalue weighted by atomic mass is 19.1. The fraction of sp³-hybridized carbons (Fsp3) is 0.105. The van der Waals surface area contributed by atoms with Crippen LogP contribution in [0.1, 0.15) is 10.5 Å². The Bertz CT molecular complexity index is 1080. The zero-order valence-corrected chi connectivity index (χ0v) is 14.2. The Morgan fingerprint density at radius 3 is 2.70 bits per heavy atom. The second-order valence-electron chi connectivity index (χ2n) is 5.79. The van der Waals surface area contributed by atoms with Gasteiger partial charge in [0.2, 0.25) is 0 Å². The first-order valence-corrected chi connectivity index (χ1v) is 8.34. The molecule has 4 aromatic rings. The fourth-order valence-electron chi connectivity index (χ4n) is 2.78. The second-order valence-corrected chi connectivity index (χ2v) is 5.79. The number of hydrogen-bond donors (Lipinski definition) is 1. The van der Waals surface area contributed by atoms with Gasteiger partial charge in [-0.15, -0.1) is 0 Å². The molecule has 7 nitrogen and oxygen atoms in total. The Kier molecular flexibility index (Phi) is 4.52. The molecule has 0 saturated heterocycles. The minimum Gasteiger partial charge on any atom is -0.349 e. The van der Waals surface area contributed by atoms with E-state index in [0.29, 0.717) is 24.6 Å². The summed E-state index contributed by atoms with van der Waals surface area (Å²) >= 11 is 0. The molecule has 134 valence electrons. The maximum absolute atomic E-state index is 13.3. The predicted molar refractivity (Wildman–Crippen MR) is 97.3 cm³/mol. The number of carbonyl (C=O) groups is 1. The zero-order chi connectivity index (χ0) is 18.6. The summed E-state index contributed by atoms with van der Waals surface area (Å²) in [6.45, 7) is 0.803. The quantitative estimate of drug-likeness (QED) is 0.589. The van der Waals surface area contributed by atoms with E-state index < -0.39 is 0 Å². The molecule has 0 aliphatic carbocycles. The van der Waals surface area contributed by atoms with Crippen molar-refractivity contribution in [1.29, 1.82) is 0 Å². The van der Waals surface area contributed by atoms with Gasteiger partial charge in [-0.3, -0.25) is 9.78 Å². The maximum Gasteiger partial charge on any atom is 0.271 e. The number of nitrogens with zero attached hydrogens (tertiary/aromatic N) is 5. The number of pyridine rings is 1. The molecule has 0 bridgehead atoms. The van der Waals surface area contributed by atoms with Gasteiger partial charge in [-0.25, -0.2) is 19.3 Å². The number of aromatic nitrogens is 5. The van der Waals surface area contributed by atoms with Crippen LogP contribution in [-0.2, 0) is 6.54 Å². The van der Waals surface area contributed by atoms with E-state index in [-0.39, 0.29) is 17.4 Å². The van der Waals surface area contributed by atoms with Gasteiger partial charge >= 0.3 is 0 Å². The van der Waals surface area contributed by atoms with Gasteiger partial charge in [0, 0.05) is 37.2 Å². The number of carbonyl (C=O) groups excluding carboxylic acids is 1. The molecule has 4 rings (SSSR count). The van der Waals surface area contributed by atoms with Crippen LogP contribution in [0.15, 0.2) is 61.2 Å². The van der Waals surface area contributed by atoms with Crippen LogP contribution in [0.25, 0.3) is 22.6 Å². The Labute approximate surface area is 153 Å². The minimum atomic E-state index is -0.309. The Morgan fingerprint density at radius 2 is 1.93 bits per heavy atom. The van der Waals surface area contributed by atoms with E-state index in [9.17, 15) is 9.18 Å². The monoisotopic (exact) mass is 362 g/mol. The van der Waals surface area contributed by atoms with Gasteiger partial charge in [-0.2, -0.15) is 0 Å². The smallest absolute Gasteiger partial charge is 0.271 e. The third-order valence-electron chi connectivity index (χ3n) is 4.02. The van der Waals surface area contributed by atoms with Crippen molar-refractivity contribution in [1.82, 2.24) is 29.8 Å². The number of halogens is 1. The molecule has 8 heteroatoms. The number of hydrogen-bond acceptors (Lipinski definition) is 5. The van der Waals surface area contributed by atoms with Crippen LogP contribution < -0.4 is 5.32 Å². The standard InChI is InChI=1S/C19H15FN6O/c20-14-5-3-13(4-6-14)17-25-15-2-1-7-23-18(15)26(17)11-10-24-19(27)16-12-21-8-9-22-16/h1-9,12H,10-11H2,(H,24,27). The second kappa shape index (κ2) is 7.28. The average Bonchev–Trinajstić information content (AvgIpc) is 3.08. The third kappa shape index (κ3) is 3.50. The Balaban J connectivity index is 1.59. The van der Waals surface area contributed by atoms with E-state index >= 15 is 0 Å². The number of fused-ring (bicyclic) bond motifs is 1. The highest BCUT2D eigenvalue weighted by Crippen LogP contribution is 2.23. The van der Waals surface area contributed by atoms with Crippen LogP contribution in [0.3, 0.4) is 0 Å². The molecule has 27 heavy (non-hydrogen) atoms. The van der Waals surface area contributed by atoms with E-state index in [1.165, 1.54) is 30.7 Å². The maximum atomic E-state index is 13.3. The van der Waals surface area contributed by atoms with Crippen molar-refractivity contribution in [3.8, 4) is 11.4 Å². The Hall–Kier alpha value is -3.68. The first kappa shape index (κ1) is 16.8. The number of nitrogens with one attached hydrogen (secondary N) is 1. The summed E-state index contributed by atoms with van der Waals surface area (Å²) in [4.78, 5) is 29.0. The predicted octanol–water partition coefficient (Wildman–Crippen LogP) is 2.46. The topological polar surface area (TPSA) is 85.6 Å². The van der Waals surface area contributed by atoms with Crippen molar-refractivity contribution in [2.45, 2.75) is 6.54 Å². The third-order valence-corrected chi connectivity index (χ3v) is 4.02. The summed E-state index contributed by atoms with van der Waals surface area (Å²) in [6.07, 6.45) is 6.07. The van der Waals surface area contributed by atoms with Crippen molar-refractivity contribution >= 4 is 17.1 Å². The lowest BCUT2D eigenvalue weighted by Crippen LogP contribution is -2.28. The van der Waals surface area contributed by atoms with Crippen LogP contribution in [-0.4, -0.2) is 37.0 Å². The summed E-state index contributed by atoms with van der Waals surface area (Å²) in [5.41, 5.74) is 2.46. The summed E-state index contributed by atoms with van der Waals surface area (Å²) in [6, 6.07) is 9.80. The number of amides is 1. The molecule has 0 fully saturated rings. The van der Waals surface area contributed by atoms with Gasteiger partial charge in [0.25, 0.3) is 5.91 Å². The number of imidazole rings is 1. The summed E-state index contributed by atoms with van der Waals surface area (Å²) in [5, 5.41) is 2.81. The van der Waals surface area contributed by atoms with Gasteiger partial charge in [0.1, 0.15) is 22.9 Å². The lowest BCUT2D eigenvalue weighted by molar-refractivity contribution is 0.0947. The van der Waals surface area contributed by atoms with Gasteiger partial charge in [0.05, 0.1) is 6.20 Å². The lowest BCUT2D eigenvalue weighted by atomic mass is 10.2. The molecule has 1 N–H and O–H groups in total. The van der Waals surface area contributed by atoms with Crippen LogP contribution in [0.4, 0.5) is 4.39 Å². The first-order chi connectivity index (χ1) is 13.2. The highest BCUT2D eigenvalue weighted by Gasteiger charge is 2.14. The molecule has 1 amide bonds. The van der Waals surface area contributed by atoms with Gasteiger partial charge in [0.15, 0.2) is 5.65 Å². The number of benzene rings is 1. The number of rotatable bonds is 5. The van der Waals surface area contributed by atoms with E-state index in [2.05, 4.69) is 25.3 Å². The normalized spacial score (nSPS) is 10.9. The molecule has 1 aromatic carbocycles. The van der Waals surface area contributed by atoms with Crippen molar-refractivity contribution < 1.29 is 9.18 Å². The van der Waals surface area contributed by atoms with Crippen LogP contribution in [0.5, 0.6) is 0 Å².